The van der Waals surface area contributed by atoms with E-state index in [1.165, 1.54) is 30.0 Å². The number of nitriles is 1. The summed E-state index contributed by atoms with van der Waals surface area (Å²) in [6, 6.07) is 7.82. The summed E-state index contributed by atoms with van der Waals surface area (Å²) in [7, 11) is 1.45. The van der Waals surface area contributed by atoms with Gasteiger partial charge in [-0.25, -0.2) is 9.18 Å². The first-order valence-corrected chi connectivity index (χ1v) is 7.06. The van der Waals surface area contributed by atoms with Gasteiger partial charge in [-0.05, 0) is 25.1 Å². The molecule has 0 bridgehead atoms. The Balaban J connectivity index is 2.43. The van der Waals surface area contributed by atoms with Crippen LogP contribution in [-0.2, 0) is 11.3 Å². The maximum absolute atomic E-state index is 14.2. The van der Waals surface area contributed by atoms with E-state index in [0.717, 1.165) is 0 Å². The number of carbonyl (C=O) groups excluding carboxylic acids is 1. The molecule has 1 aromatic carbocycles. The molecule has 0 aliphatic rings. The largest absolute Gasteiger partial charge is 0.497 e. The maximum Gasteiger partial charge on any atom is 0.356 e. The molecular formula is C16H16FN3O3. The van der Waals surface area contributed by atoms with Crippen LogP contribution < -0.4 is 4.74 Å². The summed E-state index contributed by atoms with van der Waals surface area (Å²) < 4.78 is 25.5. The number of esters is 1. The third-order valence-electron chi connectivity index (χ3n) is 3.15. The molecule has 0 spiro atoms. The second-order valence-corrected chi connectivity index (χ2v) is 4.61. The number of aryl methyl sites for hydroxylation is 1. The Hall–Kier alpha value is -2.88. The van der Waals surface area contributed by atoms with E-state index in [2.05, 4.69) is 5.10 Å². The molecule has 0 aliphatic heterocycles. The minimum Gasteiger partial charge on any atom is -0.497 e. The fraction of sp³-hybridized carbons (Fsp3) is 0.312. The molecule has 0 unspecified atom stereocenters. The Morgan fingerprint density at radius 1 is 1.43 bits per heavy atom. The smallest absolute Gasteiger partial charge is 0.356 e. The number of methoxy groups -OCH3 is 1. The number of rotatable bonds is 6. The highest BCUT2D eigenvalue weighted by Gasteiger charge is 2.19. The molecule has 0 saturated carbocycles. The van der Waals surface area contributed by atoms with Crippen molar-refractivity contribution < 1.29 is 18.7 Å². The zero-order valence-electron chi connectivity index (χ0n) is 12.9. The molecule has 23 heavy (non-hydrogen) atoms. The first-order valence-electron chi connectivity index (χ1n) is 7.06. The third-order valence-corrected chi connectivity index (χ3v) is 3.15. The Kier molecular flexibility index (Phi) is 5.31. The average molecular weight is 317 g/mol. The van der Waals surface area contributed by atoms with E-state index in [-0.39, 0.29) is 30.8 Å². The van der Waals surface area contributed by atoms with E-state index in [0.29, 0.717) is 11.4 Å². The van der Waals surface area contributed by atoms with E-state index in [9.17, 15) is 9.18 Å². The van der Waals surface area contributed by atoms with Gasteiger partial charge in [0.2, 0.25) is 0 Å². The molecule has 0 saturated heterocycles. The van der Waals surface area contributed by atoms with Gasteiger partial charge in [0.05, 0.1) is 38.4 Å². The number of hydrogen-bond donors (Lipinski definition) is 0. The summed E-state index contributed by atoms with van der Waals surface area (Å²) in [6.45, 7) is 2.13. The molecule has 6 nitrogen and oxygen atoms in total. The molecule has 7 heteroatoms. The van der Waals surface area contributed by atoms with Crippen LogP contribution in [0.4, 0.5) is 4.39 Å². The van der Waals surface area contributed by atoms with Crippen molar-refractivity contribution in [2.45, 2.75) is 19.9 Å². The zero-order chi connectivity index (χ0) is 16.8. The van der Waals surface area contributed by atoms with E-state index in [1.54, 1.807) is 13.0 Å². The SMILES string of the molecule is CCOC(=O)c1cc(-c2ccc(OC)cc2F)nn1CCC#N. The van der Waals surface area contributed by atoms with E-state index < -0.39 is 11.8 Å². The van der Waals surface area contributed by atoms with Gasteiger partial charge in [0.1, 0.15) is 17.3 Å². The van der Waals surface area contributed by atoms with Crippen molar-refractivity contribution in [2.24, 2.45) is 0 Å². The van der Waals surface area contributed by atoms with Crippen LogP contribution in [0.3, 0.4) is 0 Å². The summed E-state index contributed by atoms with van der Waals surface area (Å²) in [5, 5.41) is 12.9. The maximum atomic E-state index is 14.2. The third kappa shape index (κ3) is 3.66. The quantitative estimate of drug-likeness (QED) is 0.766. The Morgan fingerprint density at radius 2 is 2.22 bits per heavy atom. The number of halogens is 1. The normalized spacial score (nSPS) is 10.2. The van der Waals surface area contributed by atoms with Crippen LogP contribution in [-0.4, -0.2) is 29.5 Å². The molecular weight excluding hydrogens is 301 g/mol. The van der Waals surface area contributed by atoms with Crippen LogP contribution in [0.15, 0.2) is 24.3 Å². The van der Waals surface area contributed by atoms with E-state index in [4.69, 9.17) is 14.7 Å². The number of carbonyl (C=O) groups is 1. The predicted molar refractivity (Wildman–Crippen MR) is 80.4 cm³/mol. The highest BCUT2D eigenvalue weighted by atomic mass is 19.1. The number of benzene rings is 1. The topological polar surface area (TPSA) is 77.1 Å². The predicted octanol–water partition coefficient (Wildman–Crippen LogP) is 2.79. The summed E-state index contributed by atoms with van der Waals surface area (Å²) >= 11 is 0. The highest BCUT2D eigenvalue weighted by molar-refractivity contribution is 5.89. The summed E-state index contributed by atoms with van der Waals surface area (Å²) in [5.41, 5.74) is 0.727. The lowest BCUT2D eigenvalue weighted by Crippen LogP contribution is -2.13. The van der Waals surface area contributed by atoms with Gasteiger partial charge in [0.15, 0.2) is 0 Å². The fourth-order valence-electron chi connectivity index (χ4n) is 2.07. The van der Waals surface area contributed by atoms with Crippen molar-refractivity contribution in [1.82, 2.24) is 9.78 Å². The molecule has 0 atom stereocenters. The molecule has 0 fully saturated rings. The first kappa shape index (κ1) is 16.5. The first-order chi connectivity index (χ1) is 11.1. The Morgan fingerprint density at radius 3 is 2.83 bits per heavy atom. The van der Waals surface area contributed by atoms with Crippen LogP contribution >= 0.6 is 0 Å². The number of aromatic nitrogens is 2. The minimum absolute atomic E-state index is 0.179. The molecule has 1 heterocycles. The van der Waals surface area contributed by atoms with Crippen molar-refractivity contribution in [1.29, 1.82) is 5.26 Å². The molecule has 2 rings (SSSR count). The van der Waals surface area contributed by atoms with Gasteiger partial charge in [-0.3, -0.25) is 4.68 Å². The second kappa shape index (κ2) is 7.40. The zero-order valence-corrected chi connectivity index (χ0v) is 12.9. The van der Waals surface area contributed by atoms with Gasteiger partial charge in [0, 0.05) is 11.6 Å². The van der Waals surface area contributed by atoms with Gasteiger partial charge in [0.25, 0.3) is 0 Å². The molecule has 1 aromatic heterocycles. The molecule has 0 radical (unpaired) electrons. The molecule has 2 aromatic rings. The summed E-state index contributed by atoms with van der Waals surface area (Å²) in [6.07, 6.45) is 0.179. The number of hydrogen-bond acceptors (Lipinski definition) is 5. The lowest BCUT2D eigenvalue weighted by Gasteiger charge is -2.04. The van der Waals surface area contributed by atoms with Gasteiger partial charge in [-0.2, -0.15) is 10.4 Å². The minimum atomic E-state index is -0.557. The Labute approximate surface area is 133 Å². The summed E-state index contributed by atoms with van der Waals surface area (Å²) in [5.74, 6) is -0.677. The summed E-state index contributed by atoms with van der Waals surface area (Å²) in [4.78, 5) is 12.0. The lowest BCUT2D eigenvalue weighted by molar-refractivity contribution is 0.0512. The average Bonchev–Trinajstić information content (AvgIpc) is 2.96. The van der Waals surface area contributed by atoms with Gasteiger partial charge in [-0.1, -0.05) is 0 Å². The van der Waals surface area contributed by atoms with Crippen LogP contribution in [0.5, 0.6) is 5.75 Å². The van der Waals surface area contributed by atoms with Crippen molar-refractivity contribution in [2.75, 3.05) is 13.7 Å². The number of ether oxygens (including phenoxy) is 2. The lowest BCUT2D eigenvalue weighted by atomic mass is 10.1. The van der Waals surface area contributed by atoms with Crippen LogP contribution in [0.25, 0.3) is 11.3 Å². The standard InChI is InChI=1S/C16H16FN3O3/c1-3-23-16(21)15-10-14(19-20(15)8-4-7-18)12-6-5-11(22-2)9-13(12)17/h5-6,9-10H,3-4,8H2,1-2H3. The molecule has 0 aliphatic carbocycles. The van der Waals surface area contributed by atoms with E-state index >= 15 is 0 Å². The number of nitrogens with zero attached hydrogens (tertiary/aromatic N) is 3. The molecule has 0 N–H and O–H groups in total. The van der Waals surface area contributed by atoms with Crippen molar-refractivity contribution in [3.63, 3.8) is 0 Å². The van der Waals surface area contributed by atoms with Crippen LogP contribution in [0, 0.1) is 17.1 Å². The monoisotopic (exact) mass is 317 g/mol. The Bertz CT molecular complexity index is 750. The van der Waals surface area contributed by atoms with Gasteiger partial charge < -0.3 is 9.47 Å². The van der Waals surface area contributed by atoms with Crippen LogP contribution in [0.2, 0.25) is 0 Å². The van der Waals surface area contributed by atoms with Gasteiger partial charge >= 0.3 is 5.97 Å². The van der Waals surface area contributed by atoms with Crippen molar-refractivity contribution in [3.05, 3.63) is 35.8 Å². The van der Waals surface area contributed by atoms with Crippen molar-refractivity contribution >= 4 is 5.97 Å². The fourth-order valence-corrected chi connectivity index (χ4v) is 2.07. The highest BCUT2D eigenvalue weighted by Crippen LogP contribution is 2.26. The molecule has 120 valence electrons. The van der Waals surface area contributed by atoms with Crippen molar-refractivity contribution in [3.8, 4) is 23.1 Å². The van der Waals surface area contributed by atoms with E-state index in [1.807, 2.05) is 6.07 Å². The van der Waals surface area contributed by atoms with Crippen LogP contribution in [0.1, 0.15) is 23.8 Å². The van der Waals surface area contributed by atoms with Gasteiger partial charge in [-0.15, -0.1) is 0 Å². The molecule has 0 amide bonds. The second-order valence-electron chi connectivity index (χ2n) is 4.61.